The molecule has 6 heteroatoms. The van der Waals surface area contributed by atoms with Gasteiger partial charge in [-0.2, -0.15) is 0 Å². The molecule has 0 heterocycles. The summed E-state index contributed by atoms with van der Waals surface area (Å²) < 4.78 is 32.8. The molecule has 1 aromatic carbocycles. The minimum atomic E-state index is -3.57. The van der Waals surface area contributed by atoms with E-state index in [4.69, 9.17) is 4.74 Å². The Labute approximate surface area is 127 Å². The van der Waals surface area contributed by atoms with Crippen LogP contribution in [0.2, 0.25) is 0 Å². The van der Waals surface area contributed by atoms with Gasteiger partial charge in [0.05, 0.1) is 18.1 Å². The minimum absolute atomic E-state index is 0.0656. The SMILES string of the molecule is CCCC(CC)NS(=O)(=O)c1ccc(OCC)c(CO)c1. The third-order valence-electron chi connectivity index (χ3n) is 3.26. The maximum absolute atomic E-state index is 12.4. The smallest absolute Gasteiger partial charge is 0.240 e. The minimum Gasteiger partial charge on any atom is -0.494 e. The molecule has 0 bridgehead atoms. The van der Waals surface area contributed by atoms with E-state index >= 15 is 0 Å². The Morgan fingerprint density at radius 2 is 2.00 bits per heavy atom. The maximum Gasteiger partial charge on any atom is 0.240 e. The Hall–Kier alpha value is -1.11. The van der Waals surface area contributed by atoms with Gasteiger partial charge in [0.2, 0.25) is 10.0 Å². The summed E-state index contributed by atoms with van der Waals surface area (Å²) >= 11 is 0. The summed E-state index contributed by atoms with van der Waals surface area (Å²) in [4.78, 5) is 0.157. The first-order chi connectivity index (χ1) is 9.98. The highest BCUT2D eigenvalue weighted by molar-refractivity contribution is 7.89. The van der Waals surface area contributed by atoms with Gasteiger partial charge in [-0.05, 0) is 38.0 Å². The molecule has 1 unspecified atom stereocenters. The number of aliphatic hydroxyl groups is 1. The number of sulfonamides is 1. The lowest BCUT2D eigenvalue weighted by atomic mass is 10.1. The quantitative estimate of drug-likeness (QED) is 0.734. The van der Waals surface area contributed by atoms with E-state index < -0.39 is 10.0 Å². The number of ether oxygens (including phenoxy) is 1. The second kappa shape index (κ2) is 8.36. The normalized spacial score (nSPS) is 13.1. The van der Waals surface area contributed by atoms with Gasteiger partial charge < -0.3 is 9.84 Å². The maximum atomic E-state index is 12.4. The van der Waals surface area contributed by atoms with Crippen molar-refractivity contribution >= 4 is 10.0 Å². The molecule has 120 valence electrons. The second-order valence-corrected chi connectivity index (χ2v) is 6.59. The standard InChI is InChI=1S/C15H25NO4S/c1-4-7-13(5-2)16-21(18,19)14-8-9-15(20-6-3)12(10-14)11-17/h8-10,13,16-17H,4-7,11H2,1-3H3. The Bertz CT molecular complexity index is 543. The fourth-order valence-electron chi connectivity index (χ4n) is 2.13. The highest BCUT2D eigenvalue weighted by Crippen LogP contribution is 2.23. The average molecular weight is 315 g/mol. The van der Waals surface area contributed by atoms with E-state index in [0.717, 1.165) is 19.3 Å². The lowest BCUT2D eigenvalue weighted by molar-refractivity contribution is 0.266. The van der Waals surface area contributed by atoms with Crippen molar-refractivity contribution in [1.29, 1.82) is 0 Å². The van der Waals surface area contributed by atoms with Gasteiger partial charge in [0.15, 0.2) is 0 Å². The van der Waals surface area contributed by atoms with Crippen molar-refractivity contribution in [1.82, 2.24) is 4.72 Å². The second-order valence-electron chi connectivity index (χ2n) is 4.88. The van der Waals surface area contributed by atoms with E-state index in [2.05, 4.69) is 4.72 Å². The molecule has 0 saturated carbocycles. The monoisotopic (exact) mass is 315 g/mol. The topological polar surface area (TPSA) is 75.6 Å². The van der Waals surface area contributed by atoms with Crippen LogP contribution in [0.1, 0.15) is 45.6 Å². The number of nitrogens with one attached hydrogen (secondary N) is 1. The van der Waals surface area contributed by atoms with Crippen LogP contribution in [-0.4, -0.2) is 26.2 Å². The van der Waals surface area contributed by atoms with Crippen molar-refractivity contribution in [3.63, 3.8) is 0 Å². The first kappa shape index (κ1) is 17.9. The van der Waals surface area contributed by atoms with E-state index in [1.165, 1.54) is 12.1 Å². The van der Waals surface area contributed by atoms with Crippen LogP contribution in [0, 0.1) is 0 Å². The fraction of sp³-hybridized carbons (Fsp3) is 0.600. The summed E-state index contributed by atoms with van der Waals surface area (Å²) in [5.74, 6) is 0.513. The van der Waals surface area contributed by atoms with Crippen LogP contribution in [-0.2, 0) is 16.6 Å². The first-order valence-electron chi connectivity index (χ1n) is 7.37. The zero-order valence-corrected chi connectivity index (χ0v) is 13.7. The molecule has 2 N–H and O–H groups in total. The van der Waals surface area contributed by atoms with Crippen LogP contribution in [0.15, 0.2) is 23.1 Å². The van der Waals surface area contributed by atoms with Gasteiger partial charge in [-0.15, -0.1) is 0 Å². The first-order valence-corrected chi connectivity index (χ1v) is 8.85. The molecule has 0 saturated heterocycles. The molecule has 0 amide bonds. The third-order valence-corrected chi connectivity index (χ3v) is 4.78. The largest absolute Gasteiger partial charge is 0.494 e. The number of hydrogen-bond donors (Lipinski definition) is 2. The summed E-state index contributed by atoms with van der Waals surface area (Å²) in [6.45, 7) is 6.03. The zero-order valence-electron chi connectivity index (χ0n) is 12.9. The lowest BCUT2D eigenvalue weighted by Gasteiger charge is -2.17. The highest BCUT2D eigenvalue weighted by atomic mass is 32.2. The van der Waals surface area contributed by atoms with E-state index in [1.807, 2.05) is 20.8 Å². The molecule has 0 spiro atoms. The summed E-state index contributed by atoms with van der Waals surface area (Å²) in [6, 6.07) is 4.49. The fourth-order valence-corrected chi connectivity index (χ4v) is 3.53. The molecule has 0 aliphatic rings. The van der Waals surface area contributed by atoms with Crippen molar-refractivity contribution in [2.45, 2.75) is 57.6 Å². The summed E-state index contributed by atoms with van der Waals surface area (Å²) in [6.07, 6.45) is 2.47. The van der Waals surface area contributed by atoms with E-state index in [0.29, 0.717) is 17.9 Å². The number of aliphatic hydroxyl groups excluding tert-OH is 1. The van der Waals surface area contributed by atoms with Crippen molar-refractivity contribution in [2.24, 2.45) is 0 Å². The Kier molecular flexibility index (Phi) is 7.14. The molecule has 1 rings (SSSR count). The summed E-state index contributed by atoms with van der Waals surface area (Å²) in [7, 11) is -3.57. The van der Waals surface area contributed by atoms with E-state index in [-0.39, 0.29) is 17.5 Å². The molecule has 0 aliphatic carbocycles. The van der Waals surface area contributed by atoms with Crippen LogP contribution >= 0.6 is 0 Å². The van der Waals surface area contributed by atoms with Gasteiger partial charge in [0, 0.05) is 11.6 Å². The van der Waals surface area contributed by atoms with E-state index in [9.17, 15) is 13.5 Å². The van der Waals surface area contributed by atoms with Crippen LogP contribution in [0.3, 0.4) is 0 Å². The Morgan fingerprint density at radius 3 is 2.52 bits per heavy atom. The molecule has 0 aromatic heterocycles. The Morgan fingerprint density at radius 1 is 1.29 bits per heavy atom. The number of rotatable bonds is 9. The van der Waals surface area contributed by atoms with Gasteiger partial charge in [-0.1, -0.05) is 20.3 Å². The molecule has 1 atom stereocenters. The molecule has 21 heavy (non-hydrogen) atoms. The van der Waals surface area contributed by atoms with Crippen molar-refractivity contribution in [3.8, 4) is 5.75 Å². The van der Waals surface area contributed by atoms with Crippen molar-refractivity contribution in [3.05, 3.63) is 23.8 Å². The van der Waals surface area contributed by atoms with E-state index in [1.54, 1.807) is 6.07 Å². The number of hydrogen-bond acceptors (Lipinski definition) is 4. The zero-order chi connectivity index (χ0) is 15.9. The Balaban J connectivity index is 3.02. The van der Waals surface area contributed by atoms with Gasteiger partial charge in [-0.25, -0.2) is 13.1 Å². The highest BCUT2D eigenvalue weighted by Gasteiger charge is 2.20. The third kappa shape index (κ3) is 4.98. The lowest BCUT2D eigenvalue weighted by Crippen LogP contribution is -2.34. The van der Waals surface area contributed by atoms with Crippen molar-refractivity contribution in [2.75, 3.05) is 6.61 Å². The molecule has 0 aliphatic heterocycles. The van der Waals surface area contributed by atoms with Gasteiger partial charge in [0.25, 0.3) is 0 Å². The molecule has 0 radical (unpaired) electrons. The average Bonchev–Trinajstić information content (AvgIpc) is 2.47. The summed E-state index contributed by atoms with van der Waals surface area (Å²) in [5, 5.41) is 9.35. The molecular formula is C15H25NO4S. The van der Waals surface area contributed by atoms with Gasteiger partial charge in [0.1, 0.15) is 5.75 Å². The van der Waals surface area contributed by atoms with Crippen LogP contribution in [0.4, 0.5) is 0 Å². The van der Waals surface area contributed by atoms with Crippen molar-refractivity contribution < 1.29 is 18.3 Å². The molecule has 1 aromatic rings. The molecule has 5 nitrogen and oxygen atoms in total. The predicted octanol–water partition coefficient (Wildman–Crippen LogP) is 2.43. The predicted molar refractivity (Wildman–Crippen MR) is 82.8 cm³/mol. The summed E-state index contributed by atoms with van der Waals surface area (Å²) in [5.41, 5.74) is 0.475. The van der Waals surface area contributed by atoms with Gasteiger partial charge >= 0.3 is 0 Å². The number of benzene rings is 1. The van der Waals surface area contributed by atoms with Gasteiger partial charge in [-0.3, -0.25) is 0 Å². The molecular weight excluding hydrogens is 290 g/mol. The van der Waals surface area contributed by atoms with Crippen LogP contribution in [0.25, 0.3) is 0 Å². The van der Waals surface area contributed by atoms with Crippen LogP contribution in [0.5, 0.6) is 5.75 Å². The molecule has 0 fully saturated rings. The van der Waals surface area contributed by atoms with Crippen LogP contribution < -0.4 is 9.46 Å².